The Morgan fingerprint density at radius 2 is 2.00 bits per heavy atom. The van der Waals surface area contributed by atoms with Crippen molar-refractivity contribution in [1.82, 2.24) is 5.32 Å². The number of carbonyl (C=O) groups is 1. The van der Waals surface area contributed by atoms with E-state index >= 15 is 0 Å². The van der Waals surface area contributed by atoms with Gasteiger partial charge in [0.25, 0.3) is 5.91 Å². The molecule has 1 aromatic carbocycles. The van der Waals surface area contributed by atoms with Crippen LogP contribution in [0.5, 0.6) is 11.5 Å². The molecule has 0 aliphatic rings. The molecular weight excluding hydrogens is 232 g/mol. The van der Waals surface area contributed by atoms with Gasteiger partial charge in [0, 0.05) is 12.6 Å². The summed E-state index contributed by atoms with van der Waals surface area (Å²) in [7, 11) is 0. The summed E-state index contributed by atoms with van der Waals surface area (Å²) in [5.74, 6) is -1.18. The van der Waals surface area contributed by atoms with Gasteiger partial charge in [0.05, 0.1) is 5.56 Å². The van der Waals surface area contributed by atoms with Gasteiger partial charge in [-0.15, -0.1) is 0 Å². The summed E-state index contributed by atoms with van der Waals surface area (Å²) in [6.07, 6.45) is 0. The molecule has 1 atom stereocenters. The van der Waals surface area contributed by atoms with E-state index in [1.54, 1.807) is 0 Å². The van der Waals surface area contributed by atoms with Crippen LogP contribution in [0.15, 0.2) is 18.2 Å². The van der Waals surface area contributed by atoms with Crippen LogP contribution in [0.3, 0.4) is 0 Å². The number of aromatic hydroxyl groups is 2. The van der Waals surface area contributed by atoms with Crippen LogP contribution in [0.1, 0.15) is 31.1 Å². The van der Waals surface area contributed by atoms with Crippen LogP contribution in [0.4, 0.5) is 0 Å². The molecule has 1 rings (SSSR count). The van der Waals surface area contributed by atoms with Gasteiger partial charge in [-0.1, -0.05) is 26.8 Å². The van der Waals surface area contributed by atoms with E-state index in [2.05, 4.69) is 5.32 Å². The summed E-state index contributed by atoms with van der Waals surface area (Å²) in [5, 5.41) is 21.7. The fourth-order valence-corrected chi connectivity index (χ4v) is 1.58. The van der Waals surface area contributed by atoms with Gasteiger partial charge in [-0.05, 0) is 17.5 Å². The maximum absolute atomic E-state index is 12.0. The Balaban J connectivity index is 2.92. The van der Waals surface area contributed by atoms with Gasteiger partial charge in [0.1, 0.15) is 0 Å². The number of phenolic OH excluding ortho intramolecular Hbond substituents is 2. The van der Waals surface area contributed by atoms with Crippen LogP contribution in [0, 0.1) is 5.41 Å². The van der Waals surface area contributed by atoms with Gasteiger partial charge in [-0.2, -0.15) is 0 Å². The van der Waals surface area contributed by atoms with Gasteiger partial charge < -0.3 is 21.3 Å². The molecule has 5 heteroatoms. The molecule has 0 fully saturated rings. The van der Waals surface area contributed by atoms with E-state index < -0.39 is 11.7 Å². The highest BCUT2D eigenvalue weighted by molar-refractivity contribution is 5.97. The second kappa shape index (κ2) is 5.27. The monoisotopic (exact) mass is 252 g/mol. The van der Waals surface area contributed by atoms with Gasteiger partial charge in [0.2, 0.25) is 0 Å². The lowest BCUT2D eigenvalue weighted by Crippen LogP contribution is -2.48. The number of phenols is 2. The second-order valence-electron chi connectivity index (χ2n) is 5.30. The third-order valence-electron chi connectivity index (χ3n) is 2.85. The molecule has 0 aliphatic heterocycles. The second-order valence-corrected chi connectivity index (χ2v) is 5.30. The molecule has 5 nitrogen and oxygen atoms in total. The van der Waals surface area contributed by atoms with Crippen molar-refractivity contribution >= 4 is 5.91 Å². The normalized spacial score (nSPS) is 13.1. The van der Waals surface area contributed by atoms with Crippen molar-refractivity contribution in [2.75, 3.05) is 6.54 Å². The molecule has 0 saturated heterocycles. The lowest BCUT2D eigenvalue weighted by atomic mass is 9.86. The van der Waals surface area contributed by atoms with Crippen molar-refractivity contribution in [2.24, 2.45) is 11.1 Å². The minimum atomic E-state index is -0.450. The summed E-state index contributed by atoms with van der Waals surface area (Å²) < 4.78 is 0. The maximum atomic E-state index is 12.0. The summed E-state index contributed by atoms with van der Waals surface area (Å²) in [5.41, 5.74) is 5.48. The van der Waals surface area contributed by atoms with Crippen molar-refractivity contribution in [3.05, 3.63) is 23.8 Å². The number of para-hydroxylation sites is 1. The van der Waals surface area contributed by atoms with E-state index in [4.69, 9.17) is 5.73 Å². The molecule has 1 aromatic rings. The smallest absolute Gasteiger partial charge is 0.255 e. The van der Waals surface area contributed by atoms with Crippen LogP contribution >= 0.6 is 0 Å². The van der Waals surface area contributed by atoms with Crippen LogP contribution in [-0.4, -0.2) is 28.7 Å². The molecule has 100 valence electrons. The minimum Gasteiger partial charge on any atom is -0.504 e. The molecule has 0 radical (unpaired) electrons. The largest absolute Gasteiger partial charge is 0.504 e. The molecule has 0 spiro atoms. The fourth-order valence-electron chi connectivity index (χ4n) is 1.58. The number of benzene rings is 1. The first-order valence-corrected chi connectivity index (χ1v) is 5.79. The van der Waals surface area contributed by atoms with Gasteiger partial charge in [-0.25, -0.2) is 0 Å². The number of hydrogen-bond donors (Lipinski definition) is 4. The average Bonchev–Trinajstić information content (AvgIpc) is 2.27. The zero-order chi connectivity index (χ0) is 13.9. The number of amides is 1. The Labute approximate surface area is 107 Å². The zero-order valence-corrected chi connectivity index (χ0v) is 10.9. The average molecular weight is 252 g/mol. The Morgan fingerprint density at radius 3 is 2.50 bits per heavy atom. The first-order valence-electron chi connectivity index (χ1n) is 5.79. The Morgan fingerprint density at radius 1 is 1.39 bits per heavy atom. The molecule has 0 heterocycles. The fraction of sp³-hybridized carbons (Fsp3) is 0.462. The quantitative estimate of drug-likeness (QED) is 0.608. The van der Waals surface area contributed by atoms with Gasteiger partial charge in [0.15, 0.2) is 11.5 Å². The van der Waals surface area contributed by atoms with E-state index in [1.807, 2.05) is 20.8 Å². The molecule has 18 heavy (non-hydrogen) atoms. The molecule has 5 N–H and O–H groups in total. The molecule has 0 aromatic heterocycles. The third kappa shape index (κ3) is 3.13. The minimum absolute atomic E-state index is 0.0395. The van der Waals surface area contributed by atoms with E-state index in [-0.39, 0.29) is 22.8 Å². The SMILES string of the molecule is CC(C)(C)C(CN)NC(=O)c1cccc(O)c1O. The van der Waals surface area contributed by atoms with Gasteiger partial charge >= 0.3 is 0 Å². The standard InChI is InChI=1S/C13H20N2O3/c1-13(2,3)10(7-14)15-12(18)8-5-4-6-9(16)11(8)17/h4-6,10,16-17H,7,14H2,1-3H3,(H,15,18). The lowest BCUT2D eigenvalue weighted by molar-refractivity contribution is 0.0902. The number of carbonyl (C=O) groups excluding carboxylic acids is 1. The van der Waals surface area contributed by atoms with Crippen molar-refractivity contribution in [2.45, 2.75) is 26.8 Å². The van der Waals surface area contributed by atoms with Crippen molar-refractivity contribution < 1.29 is 15.0 Å². The Bertz CT molecular complexity index is 438. The van der Waals surface area contributed by atoms with Crippen molar-refractivity contribution in [3.8, 4) is 11.5 Å². The molecular formula is C13H20N2O3. The van der Waals surface area contributed by atoms with Crippen LogP contribution in [0.25, 0.3) is 0 Å². The zero-order valence-electron chi connectivity index (χ0n) is 10.9. The Kier molecular flexibility index (Phi) is 4.19. The van der Waals surface area contributed by atoms with Crippen molar-refractivity contribution in [1.29, 1.82) is 0 Å². The summed E-state index contributed by atoms with van der Waals surface area (Å²) in [4.78, 5) is 12.0. The van der Waals surface area contributed by atoms with E-state index in [0.29, 0.717) is 6.54 Å². The number of hydrogen-bond acceptors (Lipinski definition) is 4. The van der Waals surface area contributed by atoms with E-state index in [9.17, 15) is 15.0 Å². The third-order valence-corrected chi connectivity index (χ3v) is 2.85. The highest BCUT2D eigenvalue weighted by Gasteiger charge is 2.26. The first kappa shape index (κ1) is 14.3. The topological polar surface area (TPSA) is 95.6 Å². The molecule has 1 unspecified atom stereocenters. The predicted molar refractivity (Wildman–Crippen MR) is 69.5 cm³/mol. The summed E-state index contributed by atoms with van der Waals surface area (Å²) in [6, 6.07) is 4.04. The first-order chi connectivity index (χ1) is 8.27. The highest BCUT2D eigenvalue weighted by atomic mass is 16.3. The Hall–Kier alpha value is -1.75. The summed E-state index contributed by atoms with van der Waals surface area (Å²) >= 11 is 0. The summed E-state index contributed by atoms with van der Waals surface area (Å²) in [6.45, 7) is 6.20. The molecule has 1 amide bonds. The van der Waals surface area contributed by atoms with Gasteiger partial charge in [-0.3, -0.25) is 4.79 Å². The molecule has 0 aliphatic carbocycles. The van der Waals surface area contributed by atoms with Crippen LogP contribution in [0.2, 0.25) is 0 Å². The molecule has 0 bridgehead atoms. The number of nitrogens with one attached hydrogen (secondary N) is 1. The van der Waals surface area contributed by atoms with Crippen LogP contribution in [-0.2, 0) is 0 Å². The van der Waals surface area contributed by atoms with Crippen LogP contribution < -0.4 is 11.1 Å². The van der Waals surface area contributed by atoms with Crippen molar-refractivity contribution in [3.63, 3.8) is 0 Å². The number of nitrogens with two attached hydrogens (primary N) is 1. The maximum Gasteiger partial charge on any atom is 0.255 e. The lowest BCUT2D eigenvalue weighted by Gasteiger charge is -2.30. The van der Waals surface area contributed by atoms with E-state index in [1.165, 1.54) is 18.2 Å². The molecule has 0 saturated carbocycles. The predicted octanol–water partition coefficient (Wildman–Crippen LogP) is 1.20. The van der Waals surface area contributed by atoms with E-state index in [0.717, 1.165) is 0 Å². The highest BCUT2D eigenvalue weighted by Crippen LogP contribution is 2.28. The number of rotatable bonds is 3.